The lowest BCUT2D eigenvalue weighted by atomic mass is 10.2. The molecule has 0 spiro atoms. The van der Waals surface area contributed by atoms with Crippen molar-refractivity contribution < 1.29 is 14.6 Å². The third-order valence-corrected chi connectivity index (χ3v) is 3.49. The third kappa shape index (κ3) is 3.28. The largest absolute Gasteiger partial charge is 0.460 e. The van der Waals surface area contributed by atoms with Crippen LogP contribution in [0.3, 0.4) is 0 Å². The summed E-state index contributed by atoms with van der Waals surface area (Å²) >= 11 is 3.39. The number of aliphatic hydroxyl groups is 1. The Morgan fingerprint density at radius 3 is 2.94 bits per heavy atom. The van der Waals surface area contributed by atoms with E-state index in [0.717, 1.165) is 10.0 Å². The van der Waals surface area contributed by atoms with Crippen LogP contribution in [0.5, 0.6) is 0 Å². The van der Waals surface area contributed by atoms with Crippen molar-refractivity contribution in [2.24, 2.45) is 0 Å². The van der Waals surface area contributed by atoms with Crippen molar-refractivity contribution in [3.05, 3.63) is 34.3 Å². The molecule has 1 fully saturated rings. The molecule has 4 nitrogen and oxygen atoms in total. The van der Waals surface area contributed by atoms with E-state index in [-0.39, 0.29) is 18.6 Å². The smallest absolute Gasteiger partial charge is 0.323 e. The Balaban J connectivity index is 1.86. The summed E-state index contributed by atoms with van der Waals surface area (Å²) in [4.78, 5) is 11.7. The van der Waals surface area contributed by atoms with Crippen molar-refractivity contribution in [2.75, 3.05) is 6.54 Å². The van der Waals surface area contributed by atoms with Gasteiger partial charge in [0.2, 0.25) is 0 Å². The molecule has 1 saturated heterocycles. The Hall–Kier alpha value is -0.910. The summed E-state index contributed by atoms with van der Waals surface area (Å²) in [6, 6.07) is 7.22. The van der Waals surface area contributed by atoms with Crippen LogP contribution in [0.15, 0.2) is 28.7 Å². The highest BCUT2D eigenvalue weighted by molar-refractivity contribution is 9.10. The molecule has 0 saturated carbocycles. The fraction of sp³-hybridized carbons (Fsp3) is 0.417. The highest BCUT2D eigenvalue weighted by atomic mass is 79.9. The lowest BCUT2D eigenvalue weighted by molar-refractivity contribution is -0.147. The van der Waals surface area contributed by atoms with Gasteiger partial charge in [0.15, 0.2) is 0 Å². The molecule has 0 aromatic heterocycles. The van der Waals surface area contributed by atoms with E-state index in [1.165, 1.54) is 0 Å². The molecule has 0 amide bonds. The Labute approximate surface area is 108 Å². The predicted molar refractivity (Wildman–Crippen MR) is 66.4 cm³/mol. The minimum absolute atomic E-state index is 0.245. The van der Waals surface area contributed by atoms with E-state index < -0.39 is 6.10 Å². The minimum atomic E-state index is -0.448. The number of carbonyl (C=O) groups excluding carboxylic acids is 1. The van der Waals surface area contributed by atoms with Crippen molar-refractivity contribution in [1.29, 1.82) is 0 Å². The van der Waals surface area contributed by atoms with Crippen molar-refractivity contribution in [2.45, 2.75) is 25.2 Å². The number of aliphatic hydroxyl groups excluding tert-OH is 1. The summed E-state index contributed by atoms with van der Waals surface area (Å²) in [7, 11) is 0. The van der Waals surface area contributed by atoms with E-state index in [1.807, 2.05) is 24.3 Å². The average molecular weight is 300 g/mol. The van der Waals surface area contributed by atoms with Gasteiger partial charge >= 0.3 is 5.97 Å². The Bertz CT molecular complexity index is 410. The van der Waals surface area contributed by atoms with Crippen LogP contribution >= 0.6 is 15.9 Å². The van der Waals surface area contributed by atoms with Gasteiger partial charge in [0.25, 0.3) is 0 Å². The molecule has 2 atom stereocenters. The van der Waals surface area contributed by atoms with Gasteiger partial charge in [-0.2, -0.15) is 0 Å². The SMILES string of the molecule is O=C(OCc1ccccc1Br)[C@H]1C[C@@H](O)CN1. The first-order valence-corrected chi connectivity index (χ1v) is 6.27. The quantitative estimate of drug-likeness (QED) is 0.824. The van der Waals surface area contributed by atoms with Gasteiger partial charge in [-0.05, 0) is 6.07 Å². The molecule has 1 aliphatic heterocycles. The zero-order valence-electron chi connectivity index (χ0n) is 9.23. The number of carbonyl (C=O) groups is 1. The Morgan fingerprint density at radius 2 is 2.29 bits per heavy atom. The molecule has 0 radical (unpaired) electrons. The van der Waals surface area contributed by atoms with Crippen LogP contribution in [0.1, 0.15) is 12.0 Å². The number of ether oxygens (including phenoxy) is 1. The van der Waals surface area contributed by atoms with Crippen LogP contribution in [0.2, 0.25) is 0 Å². The van der Waals surface area contributed by atoms with E-state index in [0.29, 0.717) is 13.0 Å². The molecule has 1 aromatic carbocycles. The number of benzene rings is 1. The monoisotopic (exact) mass is 299 g/mol. The van der Waals surface area contributed by atoms with Gasteiger partial charge in [0.1, 0.15) is 12.6 Å². The highest BCUT2D eigenvalue weighted by Gasteiger charge is 2.29. The first-order chi connectivity index (χ1) is 8.16. The summed E-state index contributed by atoms with van der Waals surface area (Å²) in [5.41, 5.74) is 0.930. The number of β-amino-alcohol motifs (C(OH)–C–C–N with tert-alkyl or cyclic N) is 1. The van der Waals surface area contributed by atoms with Crippen LogP contribution in [-0.2, 0) is 16.1 Å². The summed E-state index contributed by atoms with van der Waals surface area (Å²) in [5, 5.41) is 12.2. The van der Waals surface area contributed by atoms with Gasteiger partial charge in [-0.25, -0.2) is 0 Å². The predicted octanol–water partition coefficient (Wildman–Crippen LogP) is 1.22. The van der Waals surface area contributed by atoms with Crippen LogP contribution in [0.25, 0.3) is 0 Å². The zero-order chi connectivity index (χ0) is 12.3. The molecule has 1 aromatic rings. The summed E-state index contributed by atoms with van der Waals surface area (Å²) in [5.74, 6) is -0.308. The van der Waals surface area contributed by atoms with Crippen LogP contribution in [0, 0.1) is 0 Å². The number of hydrogen-bond donors (Lipinski definition) is 2. The molecular formula is C12H14BrNO3. The van der Waals surface area contributed by atoms with Crippen LogP contribution in [-0.4, -0.2) is 29.8 Å². The van der Waals surface area contributed by atoms with Crippen LogP contribution < -0.4 is 5.32 Å². The average Bonchev–Trinajstić information content (AvgIpc) is 2.74. The molecule has 2 N–H and O–H groups in total. The van der Waals surface area contributed by atoms with Crippen molar-refractivity contribution >= 4 is 21.9 Å². The molecule has 92 valence electrons. The highest BCUT2D eigenvalue weighted by Crippen LogP contribution is 2.17. The fourth-order valence-corrected chi connectivity index (χ4v) is 2.16. The van der Waals surface area contributed by atoms with Gasteiger partial charge in [-0.1, -0.05) is 34.1 Å². The molecule has 0 bridgehead atoms. The maximum absolute atomic E-state index is 11.7. The summed E-state index contributed by atoms with van der Waals surface area (Å²) < 4.78 is 6.12. The van der Waals surface area contributed by atoms with Crippen molar-refractivity contribution in [1.82, 2.24) is 5.32 Å². The van der Waals surface area contributed by atoms with Crippen LogP contribution in [0.4, 0.5) is 0 Å². The first kappa shape index (κ1) is 12.5. The van der Waals surface area contributed by atoms with Gasteiger partial charge in [0, 0.05) is 23.0 Å². The van der Waals surface area contributed by atoms with E-state index in [1.54, 1.807) is 0 Å². The van der Waals surface area contributed by atoms with Gasteiger partial charge in [-0.3, -0.25) is 4.79 Å². The van der Waals surface area contributed by atoms with Gasteiger partial charge < -0.3 is 15.2 Å². The number of nitrogens with one attached hydrogen (secondary N) is 1. The second kappa shape index (κ2) is 5.62. The van der Waals surface area contributed by atoms with Gasteiger partial charge in [0.05, 0.1) is 6.10 Å². The third-order valence-electron chi connectivity index (χ3n) is 2.72. The van der Waals surface area contributed by atoms with E-state index in [2.05, 4.69) is 21.2 Å². The maximum Gasteiger partial charge on any atom is 0.323 e. The molecule has 2 rings (SSSR count). The van der Waals surface area contributed by atoms with Crippen molar-refractivity contribution in [3.63, 3.8) is 0 Å². The fourth-order valence-electron chi connectivity index (χ4n) is 1.76. The molecular weight excluding hydrogens is 286 g/mol. The molecule has 1 aliphatic rings. The van der Waals surface area contributed by atoms with E-state index in [4.69, 9.17) is 4.74 Å². The second-order valence-corrected chi connectivity index (χ2v) is 4.90. The molecule has 0 unspecified atom stereocenters. The van der Waals surface area contributed by atoms with E-state index in [9.17, 15) is 9.90 Å². The lowest BCUT2D eigenvalue weighted by Crippen LogP contribution is -2.32. The molecule has 0 aliphatic carbocycles. The number of esters is 1. The number of hydrogen-bond acceptors (Lipinski definition) is 4. The lowest BCUT2D eigenvalue weighted by Gasteiger charge is -2.11. The molecule has 17 heavy (non-hydrogen) atoms. The topological polar surface area (TPSA) is 58.6 Å². The standard InChI is InChI=1S/C12H14BrNO3/c13-10-4-2-1-3-8(10)7-17-12(16)11-5-9(15)6-14-11/h1-4,9,11,14-15H,5-7H2/t9-,11-/m1/s1. The second-order valence-electron chi connectivity index (χ2n) is 4.05. The first-order valence-electron chi connectivity index (χ1n) is 5.48. The molecule has 5 heteroatoms. The van der Waals surface area contributed by atoms with E-state index >= 15 is 0 Å². The number of halogens is 1. The summed E-state index contributed by atoms with van der Waals surface area (Å²) in [6.07, 6.45) is -0.0227. The zero-order valence-corrected chi connectivity index (χ0v) is 10.8. The van der Waals surface area contributed by atoms with Gasteiger partial charge in [-0.15, -0.1) is 0 Å². The minimum Gasteiger partial charge on any atom is -0.460 e. The maximum atomic E-state index is 11.7. The Morgan fingerprint density at radius 1 is 1.53 bits per heavy atom. The normalized spacial score (nSPS) is 23.6. The Kier molecular flexibility index (Phi) is 4.15. The molecule has 1 heterocycles. The number of rotatable bonds is 3. The van der Waals surface area contributed by atoms with Crippen molar-refractivity contribution in [3.8, 4) is 0 Å². The summed E-state index contributed by atoms with van der Waals surface area (Å²) in [6.45, 7) is 0.698.